The van der Waals surface area contributed by atoms with Gasteiger partial charge in [0.15, 0.2) is 11.6 Å². The van der Waals surface area contributed by atoms with Gasteiger partial charge in [-0.3, -0.25) is 14.0 Å². The number of carbonyl (C=O) groups is 2. The van der Waals surface area contributed by atoms with Crippen LogP contribution in [0.15, 0.2) is 61.1 Å². The van der Waals surface area contributed by atoms with Crippen LogP contribution in [-0.4, -0.2) is 40.3 Å². The topological polar surface area (TPSA) is 88.8 Å². The summed E-state index contributed by atoms with van der Waals surface area (Å²) in [6, 6.07) is 11.2. The Balaban J connectivity index is 1.64. The average molecular weight is 447 g/mol. The molecule has 0 saturated carbocycles. The van der Waals surface area contributed by atoms with Crippen LogP contribution in [0.5, 0.6) is 5.75 Å². The van der Waals surface area contributed by atoms with Gasteiger partial charge in [-0.05, 0) is 36.4 Å². The van der Waals surface area contributed by atoms with Crippen molar-refractivity contribution in [3.8, 4) is 17.0 Å². The summed E-state index contributed by atoms with van der Waals surface area (Å²) in [4.78, 5) is 34.8. The molecule has 2 amide bonds. The number of amides is 2. The highest BCUT2D eigenvalue weighted by molar-refractivity contribution is 6.05. The van der Waals surface area contributed by atoms with Crippen molar-refractivity contribution in [3.05, 3.63) is 72.4 Å². The zero-order valence-electron chi connectivity index (χ0n) is 18.4. The maximum atomic E-state index is 13.7. The fourth-order valence-electron chi connectivity index (χ4n) is 3.34. The predicted octanol–water partition coefficient (Wildman–Crippen LogP) is 4.17. The number of pyridine rings is 2. The number of methoxy groups -OCH3 is 1. The minimum atomic E-state index is -0.500. The van der Waals surface area contributed by atoms with Crippen molar-refractivity contribution >= 4 is 29.0 Å². The molecule has 3 heterocycles. The van der Waals surface area contributed by atoms with Crippen molar-refractivity contribution in [2.24, 2.45) is 0 Å². The Morgan fingerprint density at radius 1 is 1.12 bits per heavy atom. The minimum absolute atomic E-state index is 0.0607. The SMILES string of the molecule is CCC(=O)Nc1ccc(-c2cnc3ccc(C(=O)N(C)c4ccc(F)c(OC)c4)cn23)cn1. The van der Waals surface area contributed by atoms with Crippen LogP contribution in [0.2, 0.25) is 0 Å². The first-order valence-corrected chi connectivity index (χ1v) is 10.3. The van der Waals surface area contributed by atoms with Gasteiger partial charge in [0.1, 0.15) is 11.5 Å². The smallest absolute Gasteiger partial charge is 0.259 e. The Labute approximate surface area is 189 Å². The summed E-state index contributed by atoms with van der Waals surface area (Å²) in [5.41, 5.74) is 3.10. The number of benzene rings is 1. The van der Waals surface area contributed by atoms with Gasteiger partial charge < -0.3 is 15.0 Å². The van der Waals surface area contributed by atoms with E-state index in [1.807, 2.05) is 6.07 Å². The molecule has 1 aromatic carbocycles. The standard InChI is InChI=1S/C24H22FN5O3/c1-4-23(31)28-21-9-5-15(12-26-21)19-13-27-22-10-6-16(14-30(19)22)24(32)29(2)17-7-8-18(25)20(11-17)33-3/h5-14H,4H2,1-3H3,(H,26,28,31). The molecule has 3 aromatic heterocycles. The summed E-state index contributed by atoms with van der Waals surface area (Å²) in [5, 5.41) is 2.71. The third-order valence-electron chi connectivity index (χ3n) is 5.23. The molecule has 0 atom stereocenters. The molecule has 0 aliphatic carbocycles. The van der Waals surface area contributed by atoms with Gasteiger partial charge in [-0.1, -0.05) is 6.92 Å². The Morgan fingerprint density at radius 2 is 1.94 bits per heavy atom. The maximum absolute atomic E-state index is 13.7. The van der Waals surface area contributed by atoms with Crippen molar-refractivity contribution < 1.29 is 18.7 Å². The van der Waals surface area contributed by atoms with Gasteiger partial charge >= 0.3 is 0 Å². The van der Waals surface area contributed by atoms with Crippen LogP contribution < -0.4 is 15.0 Å². The lowest BCUT2D eigenvalue weighted by Gasteiger charge is -2.18. The van der Waals surface area contributed by atoms with Crippen molar-refractivity contribution in [3.63, 3.8) is 0 Å². The number of carbonyl (C=O) groups excluding carboxylic acids is 2. The van der Waals surface area contributed by atoms with Gasteiger partial charge in [-0.25, -0.2) is 14.4 Å². The largest absolute Gasteiger partial charge is 0.494 e. The van der Waals surface area contributed by atoms with E-state index < -0.39 is 5.82 Å². The van der Waals surface area contributed by atoms with Crippen LogP contribution in [-0.2, 0) is 4.79 Å². The van der Waals surface area contributed by atoms with Gasteiger partial charge in [0.05, 0.1) is 24.6 Å². The molecule has 0 aliphatic heterocycles. The van der Waals surface area contributed by atoms with Crippen LogP contribution in [0.25, 0.3) is 16.9 Å². The van der Waals surface area contributed by atoms with Crippen LogP contribution in [0.3, 0.4) is 0 Å². The molecule has 33 heavy (non-hydrogen) atoms. The summed E-state index contributed by atoms with van der Waals surface area (Å²) in [5.74, 6) is -0.366. The summed E-state index contributed by atoms with van der Waals surface area (Å²) in [6.07, 6.45) is 5.40. The summed E-state index contributed by atoms with van der Waals surface area (Å²) in [6.45, 7) is 1.77. The molecule has 1 N–H and O–H groups in total. The first kappa shape index (κ1) is 21.9. The Hall–Kier alpha value is -4.27. The van der Waals surface area contributed by atoms with E-state index in [1.165, 1.54) is 30.2 Å². The molecule has 8 nitrogen and oxygen atoms in total. The molecule has 168 valence electrons. The minimum Gasteiger partial charge on any atom is -0.494 e. The Morgan fingerprint density at radius 3 is 2.64 bits per heavy atom. The summed E-state index contributed by atoms with van der Waals surface area (Å²) < 4.78 is 20.6. The molecule has 0 fully saturated rings. The van der Waals surface area contributed by atoms with Crippen LogP contribution in [0.4, 0.5) is 15.9 Å². The van der Waals surface area contributed by atoms with Crippen LogP contribution in [0, 0.1) is 5.82 Å². The molecule has 9 heteroatoms. The third-order valence-corrected chi connectivity index (χ3v) is 5.23. The van der Waals surface area contributed by atoms with Crippen molar-refractivity contribution in [2.75, 3.05) is 24.4 Å². The monoisotopic (exact) mass is 447 g/mol. The zero-order valence-corrected chi connectivity index (χ0v) is 18.4. The first-order valence-electron chi connectivity index (χ1n) is 10.3. The highest BCUT2D eigenvalue weighted by atomic mass is 19.1. The van der Waals surface area contributed by atoms with Crippen LogP contribution >= 0.6 is 0 Å². The van der Waals surface area contributed by atoms with Crippen molar-refractivity contribution in [1.29, 1.82) is 0 Å². The molecule has 0 spiro atoms. The maximum Gasteiger partial charge on any atom is 0.259 e. The van der Waals surface area contributed by atoms with Crippen molar-refractivity contribution in [2.45, 2.75) is 13.3 Å². The van der Waals surface area contributed by atoms with Crippen LogP contribution in [0.1, 0.15) is 23.7 Å². The van der Waals surface area contributed by atoms with E-state index in [1.54, 1.807) is 55.2 Å². The first-order chi connectivity index (χ1) is 15.9. The molecule has 0 unspecified atom stereocenters. The van der Waals surface area contributed by atoms with Gasteiger partial charge in [-0.2, -0.15) is 0 Å². The lowest BCUT2D eigenvalue weighted by molar-refractivity contribution is -0.115. The lowest BCUT2D eigenvalue weighted by Crippen LogP contribution is -2.26. The van der Waals surface area contributed by atoms with Gasteiger partial charge in [0.25, 0.3) is 5.91 Å². The molecule has 0 saturated heterocycles. The molecular formula is C24H22FN5O3. The number of nitrogens with one attached hydrogen (secondary N) is 1. The normalized spacial score (nSPS) is 10.8. The second kappa shape index (κ2) is 9.07. The van der Waals surface area contributed by atoms with E-state index in [9.17, 15) is 14.0 Å². The number of aromatic nitrogens is 3. The number of halogens is 1. The zero-order chi connectivity index (χ0) is 23.5. The number of ether oxygens (including phenoxy) is 1. The van der Waals surface area contributed by atoms with Gasteiger partial charge in [-0.15, -0.1) is 0 Å². The second-order valence-electron chi connectivity index (χ2n) is 7.31. The fraction of sp³-hybridized carbons (Fsp3) is 0.167. The van der Waals surface area contributed by atoms with E-state index in [4.69, 9.17) is 4.74 Å². The van der Waals surface area contributed by atoms with E-state index >= 15 is 0 Å². The van der Waals surface area contributed by atoms with E-state index in [-0.39, 0.29) is 17.6 Å². The molecular weight excluding hydrogens is 425 g/mol. The fourth-order valence-corrected chi connectivity index (χ4v) is 3.34. The molecule has 4 rings (SSSR count). The van der Waals surface area contributed by atoms with Gasteiger partial charge in [0, 0.05) is 43.2 Å². The Kier molecular flexibility index (Phi) is 6.03. The molecule has 0 bridgehead atoms. The molecule has 4 aromatic rings. The third kappa shape index (κ3) is 4.38. The number of imidazole rings is 1. The van der Waals surface area contributed by atoms with Crippen molar-refractivity contribution in [1.82, 2.24) is 14.4 Å². The molecule has 0 aliphatic rings. The highest BCUT2D eigenvalue weighted by Gasteiger charge is 2.17. The van der Waals surface area contributed by atoms with E-state index in [0.29, 0.717) is 29.1 Å². The van der Waals surface area contributed by atoms with Gasteiger partial charge in [0.2, 0.25) is 5.91 Å². The van der Waals surface area contributed by atoms with E-state index in [0.717, 1.165) is 11.3 Å². The number of anilines is 2. The lowest BCUT2D eigenvalue weighted by atomic mass is 10.2. The number of fused-ring (bicyclic) bond motifs is 1. The summed E-state index contributed by atoms with van der Waals surface area (Å²) >= 11 is 0. The molecule has 0 radical (unpaired) electrons. The highest BCUT2D eigenvalue weighted by Crippen LogP contribution is 2.26. The second-order valence-corrected chi connectivity index (χ2v) is 7.31. The number of rotatable bonds is 6. The predicted molar refractivity (Wildman–Crippen MR) is 123 cm³/mol. The number of hydrogen-bond donors (Lipinski definition) is 1. The number of hydrogen-bond acceptors (Lipinski definition) is 5. The number of nitrogens with zero attached hydrogens (tertiary/aromatic N) is 4. The Bertz CT molecular complexity index is 1330. The van der Waals surface area contributed by atoms with E-state index in [2.05, 4.69) is 15.3 Å². The quantitative estimate of drug-likeness (QED) is 0.479. The average Bonchev–Trinajstić information content (AvgIpc) is 3.27. The summed E-state index contributed by atoms with van der Waals surface area (Å²) in [7, 11) is 2.99.